The average Bonchev–Trinajstić information content (AvgIpc) is 2.65. The zero-order chi connectivity index (χ0) is 18.4. The lowest BCUT2D eigenvalue weighted by Crippen LogP contribution is -2.45. The molecule has 138 valence electrons. The third kappa shape index (κ3) is 5.44. The molecule has 2 aromatic carbocycles. The number of hydrogen-bond acceptors (Lipinski definition) is 3. The molecule has 0 aromatic heterocycles. The van der Waals surface area contributed by atoms with E-state index in [0.717, 1.165) is 38.2 Å². The third-order valence-corrected chi connectivity index (χ3v) is 4.77. The van der Waals surface area contributed by atoms with Gasteiger partial charge in [-0.25, -0.2) is 4.39 Å². The average molecular weight is 377 g/mol. The molecule has 1 heterocycles. The maximum Gasteiger partial charge on any atom is 0.251 e. The summed E-state index contributed by atoms with van der Waals surface area (Å²) in [4.78, 5) is 14.5. The molecular formula is C20H22ClFN2O2. The molecule has 6 heteroatoms. The van der Waals surface area contributed by atoms with Crippen LogP contribution in [0.25, 0.3) is 0 Å². The molecule has 2 aromatic rings. The van der Waals surface area contributed by atoms with Crippen LogP contribution in [-0.2, 0) is 0 Å². The van der Waals surface area contributed by atoms with E-state index in [1.165, 1.54) is 24.3 Å². The minimum Gasteiger partial charge on any atom is -0.492 e. The van der Waals surface area contributed by atoms with Gasteiger partial charge in [-0.05, 0) is 61.4 Å². The molecule has 1 saturated heterocycles. The van der Waals surface area contributed by atoms with Gasteiger partial charge in [-0.1, -0.05) is 11.6 Å². The third-order valence-electron chi connectivity index (χ3n) is 4.52. The number of halogens is 2. The highest BCUT2D eigenvalue weighted by atomic mass is 35.5. The Kier molecular flexibility index (Phi) is 6.47. The van der Waals surface area contributed by atoms with Crippen molar-refractivity contribution >= 4 is 17.5 Å². The number of carbonyl (C=O) groups is 1. The lowest BCUT2D eigenvalue weighted by Gasteiger charge is -2.32. The highest BCUT2D eigenvalue weighted by Gasteiger charge is 2.21. The number of nitrogens with zero attached hydrogens (tertiary/aromatic N) is 1. The molecule has 1 N–H and O–H groups in total. The van der Waals surface area contributed by atoms with Gasteiger partial charge < -0.3 is 10.1 Å². The molecule has 1 amide bonds. The van der Waals surface area contributed by atoms with Crippen LogP contribution in [-0.4, -0.2) is 43.1 Å². The summed E-state index contributed by atoms with van der Waals surface area (Å²) in [6.45, 7) is 3.30. The molecule has 0 spiro atoms. The van der Waals surface area contributed by atoms with Crippen molar-refractivity contribution in [2.45, 2.75) is 18.9 Å². The van der Waals surface area contributed by atoms with Crippen LogP contribution in [0.3, 0.4) is 0 Å². The summed E-state index contributed by atoms with van der Waals surface area (Å²) in [5, 5.41) is 3.73. The summed E-state index contributed by atoms with van der Waals surface area (Å²) in [5.74, 6) is 0.334. The standard InChI is InChI=1S/C20H22ClFN2O2/c21-16-3-7-19(8-4-16)26-14-13-24-11-9-18(10-12-24)23-20(25)15-1-5-17(22)6-2-15/h1-8,18H,9-14H2,(H,23,25). The van der Waals surface area contributed by atoms with Gasteiger partial charge in [-0.2, -0.15) is 0 Å². The maximum atomic E-state index is 12.9. The van der Waals surface area contributed by atoms with Crippen LogP contribution in [0.4, 0.5) is 4.39 Å². The molecular weight excluding hydrogens is 355 g/mol. The van der Waals surface area contributed by atoms with E-state index in [1.54, 1.807) is 0 Å². The van der Waals surface area contributed by atoms with Gasteiger partial charge in [0.1, 0.15) is 18.2 Å². The summed E-state index contributed by atoms with van der Waals surface area (Å²) < 4.78 is 18.6. The lowest BCUT2D eigenvalue weighted by atomic mass is 10.0. The van der Waals surface area contributed by atoms with Crippen LogP contribution in [0.2, 0.25) is 5.02 Å². The molecule has 1 aliphatic heterocycles. The first-order valence-corrected chi connectivity index (χ1v) is 9.15. The van der Waals surface area contributed by atoms with Gasteiger partial charge >= 0.3 is 0 Å². The summed E-state index contributed by atoms with van der Waals surface area (Å²) in [5.41, 5.74) is 0.491. The van der Waals surface area contributed by atoms with Gasteiger partial charge in [0.05, 0.1) is 0 Å². The molecule has 0 bridgehead atoms. The van der Waals surface area contributed by atoms with Gasteiger partial charge in [0.2, 0.25) is 0 Å². The van der Waals surface area contributed by atoms with Gasteiger partial charge in [-0.15, -0.1) is 0 Å². The SMILES string of the molecule is O=C(NC1CCN(CCOc2ccc(Cl)cc2)CC1)c1ccc(F)cc1. The quantitative estimate of drug-likeness (QED) is 0.834. The Hall–Kier alpha value is -2.11. The Balaban J connectivity index is 1.36. The number of rotatable bonds is 6. The lowest BCUT2D eigenvalue weighted by molar-refractivity contribution is 0.0905. The van der Waals surface area contributed by atoms with Crippen molar-refractivity contribution in [3.63, 3.8) is 0 Å². The fourth-order valence-corrected chi connectivity index (χ4v) is 3.12. The van der Waals surface area contributed by atoms with Crippen LogP contribution >= 0.6 is 11.6 Å². The van der Waals surface area contributed by atoms with Crippen LogP contribution in [0, 0.1) is 5.82 Å². The second-order valence-corrected chi connectivity index (χ2v) is 6.84. The molecule has 0 radical (unpaired) electrons. The van der Waals surface area contributed by atoms with Gasteiger partial charge in [-0.3, -0.25) is 9.69 Å². The van der Waals surface area contributed by atoms with E-state index in [4.69, 9.17) is 16.3 Å². The summed E-state index contributed by atoms with van der Waals surface area (Å²) in [6.07, 6.45) is 1.79. The van der Waals surface area contributed by atoms with E-state index in [1.807, 2.05) is 24.3 Å². The Bertz CT molecular complexity index is 714. The monoisotopic (exact) mass is 376 g/mol. The predicted molar refractivity (Wildman–Crippen MR) is 100 cm³/mol. The molecule has 1 aliphatic rings. The molecule has 4 nitrogen and oxygen atoms in total. The molecule has 3 rings (SSSR count). The maximum absolute atomic E-state index is 12.9. The largest absolute Gasteiger partial charge is 0.492 e. The molecule has 0 aliphatic carbocycles. The first-order valence-electron chi connectivity index (χ1n) is 8.77. The van der Waals surface area contributed by atoms with Gasteiger partial charge in [0.25, 0.3) is 5.91 Å². The zero-order valence-corrected chi connectivity index (χ0v) is 15.2. The predicted octanol–water partition coefficient (Wildman–Crippen LogP) is 3.75. The van der Waals surface area contributed by atoms with Crippen molar-refractivity contribution in [1.29, 1.82) is 0 Å². The molecule has 1 fully saturated rings. The van der Waals surface area contributed by atoms with Crippen LogP contribution < -0.4 is 10.1 Å². The second-order valence-electron chi connectivity index (χ2n) is 6.40. The van der Waals surface area contributed by atoms with Crippen LogP contribution in [0.5, 0.6) is 5.75 Å². The smallest absolute Gasteiger partial charge is 0.251 e. The van der Waals surface area contributed by atoms with Crippen molar-refractivity contribution in [1.82, 2.24) is 10.2 Å². The van der Waals surface area contributed by atoms with Crippen molar-refractivity contribution in [3.05, 3.63) is 64.9 Å². The van der Waals surface area contributed by atoms with Crippen molar-refractivity contribution in [2.75, 3.05) is 26.2 Å². The van der Waals surface area contributed by atoms with Crippen LogP contribution in [0.15, 0.2) is 48.5 Å². The highest BCUT2D eigenvalue weighted by Crippen LogP contribution is 2.16. The fourth-order valence-electron chi connectivity index (χ4n) is 2.99. The van der Waals surface area contributed by atoms with Gasteiger partial charge in [0.15, 0.2) is 0 Å². The highest BCUT2D eigenvalue weighted by molar-refractivity contribution is 6.30. The summed E-state index contributed by atoms with van der Waals surface area (Å²) in [6, 6.07) is 13.1. The van der Waals surface area contributed by atoms with E-state index < -0.39 is 0 Å². The first kappa shape index (κ1) is 18.7. The topological polar surface area (TPSA) is 41.6 Å². The number of piperidine rings is 1. The Morgan fingerprint density at radius 1 is 1.12 bits per heavy atom. The minimum atomic E-state index is -0.337. The second kappa shape index (κ2) is 9.01. The molecule has 0 saturated carbocycles. The van der Waals surface area contributed by atoms with Crippen LogP contribution in [0.1, 0.15) is 23.2 Å². The number of benzene rings is 2. The molecule has 0 atom stereocenters. The number of amides is 1. The Morgan fingerprint density at radius 3 is 2.42 bits per heavy atom. The van der Waals surface area contributed by atoms with E-state index in [2.05, 4.69) is 10.2 Å². The number of hydrogen-bond donors (Lipinski definition) is 1. The van der Waals surface area contributed by atoms with E-state index in [-0.39, 0.29) is 17.8 Å². The minimum absolute atomic E-state index is 0.144. The van der Waals surface area contributed by atoms with Gasteiger partial charge in [0, 0.05) is 36.3 Å². The zero-order valence-electron chi connectivity index (χ0n) is 14.5. The van der Waals surface area contributed by atoms with E-state index in [0.29, 0.717) is 17.2 Å². The molecule has 0 unspecified atom stereocenters. The summed E-state index contributed by atoms with van der Waals surface area (Å²) >= 11 is 5.85. The van der Waals surface area contributed by atoms with Crippen molar-refractivity contribution < 1.29 is 13.9 Å². The Labute approximate surface area is 157 Å². The number of likely N-dealkylation sites (tertiary alicyclic amines) is 1. The Morgan fingerprint density at radius 2 is 1.77 bits per heavy atom. The number of carbonyl (C=O) groups excluding carboxylic acids is 1. The van der Waals surface area contributed by atoms with E-state index in [9.17, 15) is 9.18 Å². The number of nitrogens with one attached hydrogen (secondary N) is 1. The normalized spacial score (nSPS) is 15.6. The first-order chi connectivity index (χ1) is 12.6. The van der Waals surface area contributed by atoms with Crippen molar-refractivity contribution in [2.24, 2.45) is 0 Å². The van der Waals surface area contributed by atoms with Crippen molar-refractivity contribution in [3.8, 4) is 5.75 Å². The molecule has 26 heavy (non-hydrogen) atoms. The number of ether oxygens (including phenoxy) is 1. The van der Waals surface area contributed by atoms with E-state index >= 15 is 0 Å². The fraction of sp³-hybridized carbons (Fsp3) is 0.350. The summed E-state index contributed by atoms with van der Waals surface area (Å²) in [7, 11) is 0.